The van der Waals surface area contributed by atoms with E-state index < -0.39 is 0 Å². The molecule has 1 aliphatic heterocycles. The average molecular weight is 401 g/mol. The third-order valence-corrected chi connectivity index (χ3v) is 6.12. The fourth-order valence-corrected chi connectivity index (χ4v) is 4.00. The lowest BCUT2D eigenvalue weighted by atomic mass is 9.88. The van der Waals surface area contributed by atoms with Gasteiger partial charge in [0.05, 0.1) is 11.6 Å². The van der Waals surface area contributed by atoms with Gasteiger partial charge < -0.3 is 15.5 Å². The van der Waals surface area contributed by atoms with Crippen molar-refractivity contribution >= 4 is 17.4 Å². The third-order valence-electron chi connectivity index (χ3n) is 6.12. The summed E-state index contributed by atoms with van der Waals surface area (Å²) in [5, 5.41) is 14.9. The lowest BCUT2D eigenvalue weighted by molar-refractivity contribution is 0.251. The summed E-state index contributed by atoms with van der Waals surface area (Å²) < 4.78 is 0. The van der Waals surface area contributed by atoms with Gasteiger partial charge in [-0.1, -0.05) is 30.8 Å². The number of carbonyl (C=O) groups excluding carboxylic acids is 1. The van der Waals surface area contributed by atoms with Crippen LogP contribution in [0.15, 0.2) is 49.0 Å². The van der Waals surface area contributed by atoms with Crippen molar-refractivity contribution in [3.63, 3.8) is 0 Å². The van der Waals surface area contributed by atoms with Gasteiger partial charge in [-0.3, -0.25) is 0 Å². The van der Waals surface area contributed by atoms with Crippen LogP contribution in [0.2, 0.25) is 0 Å². The van der Waals surface area contributed by atoms with Crippen molar-refractivity contribution in [3.8, 4) is 6.07 Å². The van der Waals surface area contributed by atoms with Gasteiger partial charge in [-0.2, -0.15) is 5.26 Å². The van der Waals surface area contributed by atoms with Gasteiger partial charge in [0.1, 0.15) is 0 Å². The number of nitrogens with one attached hydrogen (secondary N) is 2. The van der Waals surface area contributed by atoms with Crippen molar-refractivity contribution < 1.29 is 4.79 Å². The highest BCUT2D eigenvalue weighted by Crippen LogP contribution is 2.32. The summed E-state index contributed by atoms with van der Waals surface area (Å²) in [7, 11) is 0. The van der Waals surface area contributed by atoms with E-state index in [-0.39, 0.29) is 6.03 Å². The summed E-state index contributed by atoms with van der Waals surface area (Å²) in [5.41, 5.74) is 5.93. The Morgan fingerprint density at radius 2 is 1.80 bits per heavy atom. The van der Waals surface area contributed by atoms with Gasteiger partial charge >= 0.3 is 6.03 Å². The number of anilines is 1. The minimum atomic E-state index is -0.133. The number of piperidine rings is 1. The highest BCUT2D eigenvalue weighted by atomic mass is 16.2. The van der Waals surface area contributed by atoms with Crippen LogP contribution < -0.4 is 10.6 Å². The van der Waals surface area contributed by atoms with Gasteiger partial charge in [-0.15, -0.1) is 0 Å². The number of rotatable bonds is 5. The lowest BCUT2D eigenvalue weighted by Gasteiger charge is -2.35. The molecule has 2 fully saturated rings. The standard InChI is InChI=1S/C25H28N4O/c1-17-3-6-22(15-24(17)28-25(30)27-23-9-10-23)18(2)29-13-11-21(12-14-29)20-7-4-19(16-26)5-8-20/h3-8,15,21,23H,2,9-14H2,1H3,(H2,27,28,30). The SMILES string of the molecule is C=C(c1ccc(C)c(NC(=O)NC2CC2)c1)N1CCC(c2ccc(C#N)cc2)CC1. The summed E-state index contributed by atoms with van der Waals surface area (Å²) in [6.07, 6.45) is 4.26. The van der Waals surface area contributed by atoms with Crippen molar-refractivity contribution in [1.29, 1.82) is 5.26 Å². The first-order valence-corrected chi connectivity index (χ1v) is 10.7. The molecule has 5 nitrogen and oxygen atoms in total. The van der Waals surface area contributed by atoms with Crippen LogP contribution in [-0.4, -0.2) is 30.1 Å². The van der Waals surface area contributed by atoms with E-state index in [0.717, 1.165) is 61.3 Å². The van der Waals surface area contributed by atoms with Gasteiger partial charge in [-0.05, 0) is 73.4 Å². The highest BCUT2D eigenvalue weighted by Gasteiger charge is 2.24. The predicted molar refractivity (Wildman–Crippen MR) is 120 cm³/mol. The van der Waals surface area contributed by atoms with Crippen LogP contribution in [0.4, 0.5) is 10.5 Å². The molecule has 0 spiro atoms. The number of nitriles is 1. The Hall–Kier alpha value is -3.26. The average Bonchev–Trinajstić information content (AvgIpc) is 3.59. The number of likely N-dealkylation sites (tertiary alicyclic amines) is 1. The molecule has 2 amide bonds. The molecule has 0 unspecified atom stereocenters. The molecule has 1 saturated carbocycles. The Morgan fingerprint density at radius 3 is 2.43 bits per heavy atom. The third kappa shape index (κ3) is 4.65. The van der Waals surface area contributed by atoms with Crippen molar-refractivity contribution in [2.45, 2.75) is 44.6 Å². The van der Waals surface area contributed by atoms with Crippen LogP contribution in [-0.2, 0) is 0 Å². The van der Waals surface area contributed by atoms with Crippen molar-refractivity contribution in [3.05, 3.63) is 71.3 Å². The molecule has 1 saturated heterocycles. The van der Waals surface area contributed by atoms with E-state index in [2.05, 4.69) is 46.4 Å². The molecule has 0 bridgehead atoms. The van der Waals surface area contributed by atoms with E-state index in [1.54, 1.807) is 0 Å². The van der Waals surface area contributed by atoms with Crippen LogP contribution in [0, 0.1) is 18.3 Å². The second-order valence-corrected chi connectivity index (χ2v) is 8.34. The van der Waals surface area contributed by atoms with E-state index in [1.807, 2.05) is 31.2 Å². The van der Waals surface area contributed by atoms with Crippen molar-refractivity contribution in [1.82, 2.24) is 10.2 Å². The second-order valence-electron chi connectivity index (χ2n) is 8.34. The summed E-state index contributed by atoms with van der Waals surface area (Å²) in [4.78, 5) is 14.5. The molecule has 2 N–H and O–H groups in total. The summed E-state index contributed by atoms with van der Waals surface area (Å²) in [5.74, 6) is 0.517. The largest absolute Gasteiger partial charge is 0.371 e. The van der Waals surface area contributed by atoms with Crippen LogP contribution in [0.3, 0.4) is 0 Å². The van der Waals surface area contributed by atoms with E-state index in [9.17, 15) is 4.79 Å². The smallest absolute Gasteiger partial charge is 0.319 e. The monoisotopic (exact) mass is 400 g/mol. The summed E-state index contributed by atoms with van der Waals surface area (Å²) >= 11 is 0. The Balaban J connectivity index is 1.38. The Morgan fingerprint density at radius 1 is 1.10 bits per heavy atom. The number of carbonyl (C=O) groups is 1. The molecule has 1 aliphatic carbocycles. The molecule has 1 heterocycles. The van der Waals surface area contributed by atoms with Crippen LogP contribution >= 0.6 is 0 Å². The maximum atomic E-state index is 12.1. The zero-order valence-corrected chi connectivity index (χ0v) is 17.4. The Labute approximate surface area is 178 Å². The van der Waals surface area contributed by atoms with Gasteiger partial charge in [0.25, 0.3) is 0 Å². The number of hydrogen-bond donors (Lipinski definition) is 2. The molecule has 2 aliphatic rings. The number of benzene rings is 2. The van der Waals surface area contributed by atoms with Gasteiger partial charge in [0.2, 0.25) is 0 Å². The quantitative estimate of drug-likeness (QED) is 0.742. The molecule has 2 aromatic rings. The van der Waals surface area contributed by atoms with Crippen LogP contribution in [0.1, 0.15) is 53.9 Å². The number of urea groups is 1. The minimum absolute atomic E-state index is 0.133. The maximum absolute atomic E-state index is 12.1. The molecule has 154 valence electrons. The minimum Gasteiger partial charge on any atom is -0.371 e. The molecule has 0 radical (unpaired) electrons. The van der Waals surface area contributed by atoms with Gasteiger partial charge in [-0.25, -0.2) is 4.79 Å². The summed E-state index contributed by atoms with van der Waals surface area (Å²) in [6, 6.07) is 16.5. The molecule has 0 atom stereocenters. The maximum Gasteiger partial charge on any atom is 0.319 e. The molecule has 0 aromatic heterocycles. The van der Waals surface area contributed by atoms with E-state index in [0.29, 0.717) is 17.5 Å². The normalized spacial score (nSPS) is 16.6. The lowest BCUT2D eigenvalue weighted by Crippen LogP contribution is -2.32. The molecule has 30 heavy (non-hydrogen) atoms. The van der Waals surface area contributed by atoms with Gasteiger partial charge in [0.15, 0.2) is 0 Å². The number of nitrogens with zero attached hydrogens (tertiary/aromatic N) is 2. The fourth-order valence-electron chi connectivity index (χ4n) is 4.00. The van der Waals surface area contributed by atoms with Crippen molar-refractivity contribution in [2.24, 2.45) is 0 Å². The van der Waals surface area contributed by atoms with E-state index in [4.69, 9.17) is 5.26 Å². The molecular weight excluding hydrogens is 372 g/mol. The van der Waals surface area contributed by atoms with Crippen LogP contribution in [0.5, 0.6) is 0 Å². The molecule has 5 heteroatoms. The Kier molecular flexibility index (Phi) is 5.76. The highest BCUT2D eigenvalue weighted by molar-refractivity contribution is 5.91. The van der Waals surface area contributed by atoms with E-state index in [1.165, 1.54) is 5.56 Å². The first kappa shape index (κ1) is 20.0. The van der Waals surface area contributed by atoms with Gasteiger partial charge in [0, 0.05) is 30.5 Å². The molecule has 2 aromatic carbocycles. The number of hydrogen-bond acceptors (Lipinski definition) is 3. The topological polar surface area (TPSA) is 68.2 Å². The zero-order chi connectivity index (χ0) is 21.1. The molecule has 4 rings (SSSR count). The predicted octanol–water partition coefficient (Wildman–Crippen LogP) is 5.00. The number of amides is 2. The second kappa shape index (κ2) is 8.62. The van der Waals surface area contributed by atoms with E-state index >= 15 is 0 Å². The zero-order valence-electron chi connectivity index (χ0n) is 17.4. The fraction of sp³-hybridized carbons (Fsp3) is 0.360. The van der Waals surface area contributed by atoms with Crippen LogP contribution in [0.25, 0.3) is 5.70 Å². The number of aryl methyl sites for hydroxylation is 1. The molecular formula is C25H28N4O. The Bertz CT molecular complexity index is 977. The first-order chi connectivity index (χ1) is 14.5. The van der Waals surface area contributed by atoms with Crippen molar-refractivity contribution in [2.75, 3.05) is 18.4 Å². The summed E-state index contributed by atoms with van der Waals surface area (Å²) in [6.45, 7) is 8.23. The first-order valence-electron chi connectivity index (χ1n) is 10.7.